The van der Waals surface area contributed by atoms with Crippen LogP contribution in [0, 0.1) is 0 Å². The number of benzene rings is 1. The summed E-state index contributed by atoms with van der Waals surface area (Å²) < 4.78 is 5.25. The Labute approximate surface area is 105 Å². The van der Waals surface area contributed by atoms with Crippen molar-refractivity contribution >= 4 is 11.6 Å². The van der Waals surface area contributed by atoms with Crippen molar-refractivity contribution in [1.82, 2.24) is 15.5 Å². The predicted molar refractivity (Wildman–Crippen MR) is 66.8 cm³/mol. The van der Waals surface area contributed by atoms with Crippen LogP contribution in [-0.2, 0) is 5.54 Å². The molecule has 90 valence electrons. The zero-order valence-corrected chi connectivity index (χ0v) is 10.7. The van der Waals surface area contributed by atoms with Gasteiger partial charge in [0.25, 0.3) is 0 Å². The standard InChI is InChI=1S/C12H14ClN3O/c1-12(2,14-3)11-15-10(16-17-11)8-5-4-6-9(13)7-8/h4-7,14H,1-3H3. The quantitative estimate of drug-likeness (QED) is 0.911. The Hall–Kier alpha value is -1.39. The molecule has 0 bridgehead atoms. The molecule has 5 heteroatoms. The Morgan fingerprint density at radius 3 is 2.76 bits per heavy atom. The summed E-state index contributed by atoms with van der Waals surface area (Å²) in [5, 5.41) is 7.72. The zero-order chi connectivity index (χ0) is 12.5. The normalized spacial score (nSPS) is 11.8. The molecule has 17 heavy (non-hydrogen) atoms. The molecular formula is C12H14ClN3O. The molecule has 0 spiro atoms. The van der Waals surface area contributed by atoms with E-state index in [1.54, 1.807) is 0 Å². The molecule has 2 aromatic rings. The van der Waals surface area contributed by atoms with Crippen molar-refractivity contribution in [3.8, 4) is 11.4 Å². The van der Waals surface area contributed by atoms with Crippen LogP contribution in [0.1, 0.15) is 19.7 Å². The Kier molecular flexibility index (Phi) is 3.17. The number of halogens is 1. The van der Waals surface area contributed by atoms with E-state index < -0.39 is 0 Å². The molecule has 4 nitrogen and oxygen atoms in total. The van der Waals surface area contributed by atoms with E-state index in [2.05, 4.69) is 15.5 Å². The van der Waals surface area contributed by atoms with Crippen molar-refractivity contribution in [2.45, 2.75) is 19.4 Å². The summed E-state index contributed by atoms with van der Waals surface area (Å²) in [6.45, 7) is 3.95. The molecule has 0 unspecified atom stereocenters. The summed E-state index contributed by atoms with van der Waals surface area (Å²) in [6, 6.07) is 7.37. The minimum absolute atomic E-state index is 0.343. The average Bonchev–Trinajstić information content (AvgIpc) is 2.79. The summed E-state index contributed by atoms with van der Waals surface area (Å²) in [5.74, 6) is 1.10. The van der Waals surface area contributed by atoms with Crippen molar-refractivity contribution in [1.29, 1.82) is 0 Å². The van der Waals surface area contributed by atoms with E-state index in [1.165, 1.54) is 0 Å². The molecule has 0 aliphatic carbocycles. The van der Waals surface area contributed by atoms with Gasteiger partial charge >= 0.3 is 0 Å². The van der Waals surface area contributed by atoms with Gasteiger partial charge in [0.1, 0.15) is 0 Å². The second-order valence-electron chi connectivity index (χ2n) is 4.31. The van der Waals surface area contributed by atoms with Crippen LogP contribution in [0.4, 0.5) is 0 Å². The monoisotopic (exact) mass is 251 g/mol. The van der Waals surface area contributed by atoms with Crippen LogP contribution in [0.25, 0.3) is 11.4 Å². The van der Waals surface area contributed by atoms with Gasteiger partial charge in [-0.25, -0.2) is 0 Å². The number of aromatic nitrogens is 2. The van der Waals surface area contributed by atoms with Crippen LogP contribution in [-0.4, -0.2) is 17.2 Å². The van der Waals surface area contributed by atoms with Crippen molar-refractivity contribution in [3.05, 3.63) is 35.2 Å². The summed E-state index contributed by atoms with van der Waals surface area (Å²) in [4.78, 5) is 4.37. The van der Waals surface area contributed by atoms with Gasteiger partial charge in [0, 0.05) is 10.6 Å². The van der Waals surface area contributed by atoms with Gasteiger partial charge in [-0.1, -0.05) is 28.9 Å². The molecule has 1 aromatic heterocycles. The average molecular weight is 252 g/mol. The third-order valence-corrected chi connectivity index (χ3v) is 2.90. The highest BCUT2D eigenvalue weighted by atomic mass is 35.5. The van der Waals surface area contributed by atoms with Crippen LogP contribution in [0.5, 0.6) is 0 Å². The third kappa shape index (κ3) is 2.48. The van der Waals surface area contributed by atoms with E-state index in [1.807, 2.05) is 45.2 Å². The second-order valence-corrected chi connectivity index (χ2v) is 4.74. The number of hydrogen-bond donors (Lipinski definition) is 1. The molecule has 1 N–H and O–H groups in total. The van der Waals surface area contributed by atoms with Crippen LogP contribution in [0.15, 0.2) is 28.8 Å². The van der Waals surface area contributed by atoms with E-state index in [0.29, 0.717) is 16.7 Å². The van der Waals surface area contributed by atoms with Crippen molar-refractivity contribution < 1.29 is 4.52 Å². The fraction of sp³-hybridized carbons (Fsp3) is 0.333. The van der Waals surface area contributed by atoms with Gasteiger partial charge in [0.05, 0.1) is 5.54 Å². The first-order chi connectivity index (χ1) is 8.03. The Morgan fingerprint density at radius 2 is 2.12 bits per heavy atom. The highest BCUT2D eigenvalue weighted by Crippen LogP contribution is 2.23. The van der Waals surface area contributed by atoms with Crippen LogP contribution >= 0.6 is 11.6 Å². The molecule has 0 radical (unpaired) electrons. The maximum Gasteiger partial charge on any atom is 0.246 e. The van der Waals surface area contributed by atoms with E-state index in [-0.39, 0.29) is 5.54 Å². The Morgan fingerprint density at radius 1 is 1.35 bits per heavy atom. The fourth-order valence-corrected chi connectivity index (χ4v) is 1.52. The summed E-state index contributed by atoms with van der Waals surface area (Å²) >= 11 is 5.92. The van der Waals surface area contributed by atoms with Gasteiger partial charge in [0.15, 0.2) is 0 Å². The maximum atomic E-state index is 5.92. The summed E-state index contributed by atoms with van der Waals surface area (Å²) in [6.07, 6.45) is 0. The molecule has 0 saturated heterocycles. The lowest BCUT2D eigenvalue weighted by atomic mass is 10.1. The molecule has 2 rings (SSSR count). The molecule has 0 aliphatic rings. The first-order valence-electron chi connectivity index (χ1n) is 5.32. The number of rotatable bonds is 3. The molecule has 0 fully saturated rings. The zero-order valence-electron chi connectivity index (χ0n) is 9.99. The minimum Gasteiger partial charge on any atom is -0.337 e. The van der Waals surface area contributed by atoms with E-state index in [9.17, 15) is 0 Å². The molecular weight excluding hydrogens is 238 g/mol. The first-order valence-corrected chi connectivity index (χ1v) is 5.70. The van der Waals surface area contributed by atoms with Gasteiger partial charge in [-0.2, -0.15) is 4.98 Å². The minimum atomic E-state index is -0.343. The molecule has 1 heterocycles. The molecule has 0 atom stereocenters. The summed E-state index contributed by atoms with van der Waals surface area (Å²) in [5.41, 5.74) is 0.503. The van der Waals surface area contributed by atoms with E-state index in [0.717, 1.165) is 5.56 Å². The largest absolute Gasteiger partial charge is 0.337 e. The second kappa shape index (κ2) is 4.47. The number of nitrogens with one attached hydrogen (secondary N) is 1. The highest BCUT2D eigenvalue weighted by molar-refractivity contribution is 6.30. The van der Waals surface area contributed by atoms with Crippen molar-refractivity contribution in [2.75, 3.05) is 7.05 Å². The van der Waals surface area contributed by atoms with Crippen LogP contribution in [0.3, 0.4) is 0 Å². The number of hydrogen-bond acceptors (Lipinski definition) is 4. The lowest BCUT2D eigenvalue weighted by Gasteiger charge is -2.17. The first kappa shape index (κ1) is 12.1. The van der Waals surface area contributed by atoms with E-state index in [4.69, 9.17) is 16.1 Å². The summed E-state index contributed by atoms with van der Waals surface area (Å²) in [7, 11) is 1.85. The number of nitrogens with zero attached hydrogens (tertiary/aromatic N) is 2. The molecule has 0 aliphatic heterocycles. The van der Waals surface area contributed by atoms with Gasteiger partial charge < -0.3 is 9.84 Å². The van der Waals surface area contributed by atoms with Crippen molar-refractivity contribution in [2.24, 2.45) is 0 Å². The van der Waals surface area contributed by atoms with Gasteiger partial charge in [0.2, 0.25) is 11.7 Å². The van der Waals surface area contributed by atoms with Crippen LogP contribution in [0.2, 0.25) is 5.02 Å². The lowest BCUT2D eigenvalue weighted by molar-refractivity contribution is 0.281. The Balaban J connectivity index is 2.36. The topological polar surface area (TPSA) is 51.0 Å². The van der Waals surface area contributed by atoms with Crippen LogP contribution < -0.4 is 5.32 Å². The fourth-order valence-electron chi connectivity index (χ4n) is 1.33. The smallest absolute Gasteiger partial charge is 0.246 e. The molecule has 0 saturated carbocycles. The Bertz CT molecular complexity index is 522. The van der Waals surface area contributed by atoms with E-state index >= 15 is 0 Å². The van der Waals surface area contributed by atoms with Gasteiger partial charge in [-0.3, -0.25) is 0 Å². The molecule has 0 amide bonds. The van der Waals surface area contributed by atoms with Crippen molar-refractivity contribution in [3.63, 3.8) is 0 Å². The SMILES string of the molecule is CNC(C)(C)c1nc(-c2cccc(Cl)c2)no1. The maximum absolute atomic E-state index is 5.92. The van der Waals surface area contributed by atoms with Gasteiger partial charge in [-0.05, 0) is 33.0 Å². The van der Waals surface area contributed by atoms with Gasteiger partial charge in [-0.15, -0.1) is 0 Å². The predicted octanol–water partition coefficient (Wildman–Crippen LogP) is 2.84. The molecule has 1 aromatic carbocycles. The third-order valence-electron chi connectivity index (χ3n) is 2.67. The lowest BCUT2D eigenvalue weighted by Crippen LogP contribution is -2.33. The highest BCUT2D eigenvalue weighted by Gasteiger charge is 2.25.